The van der Waals surface area contributed by atoms with Gasteiger partial charge >= 0.3 is 0 Å². The van der Waals surface area contributed by atoms with Crippen molar-refractivity contribution < 1.29 is 9.90 Å². The Bertz CT molecular complexity index is 402. The lowest BCUT2D eigenvalue weighted by Crippen LogP contribution is -2.10. The van der Waals surface area contributed by atoms with Gasteiger partial charge in [0.2, 0.25) is 0 Å². The molecule has 0 amide bonds. The maximum atomic E-state index is 11.7. The van der Waals surface area contributed by atoms with E-state index in [1.165, 1.54) is 0 Å². The third-order valence-corrected chi connectivity index (χ3v) is 2.81. The smallest absolute Gasteiger partial charge is 0.164 e. The molecule has 0 aromatic heterocycles. The largest absolute Gasteiger partial charge is 0.506 e. The van der Waals surface area contributed by atoms with Crippen LogP contribution in [0.4, 0.5) is 0 Å². The minimum absolute atomic E-state index is 0.0402. The zero-order valence-corrected chi connectivity index (χ0v) is 9.56. The van der Waals surface area contributed by atoms with E-state index >= 15 is 0 Å². The van der Waals surface area contributed by atoms with E-state index in [0.717, 1.165) is 0 Å². The first-order valence-corrected chi connectivity index (χ1v) is 5.08. The second-order valence-electron chi connectivity index (χ2n) is 3.49. The Morgan fingerprint density at radius 1 is 1.53 bits per heavy atom. The molecule has 0 atom stereocenters. The number of rotatable bonds is 3. The third kappa shape index (κ3) is 2.30. The predicted molar refractivity (Wildman–Crippen MR) is 60.6 cm³/mol. The highest BCUT2D eigenvalue weighted by Crippen LogP contribution is 2.33. The van der Waals surface area contributed by atoms with Crippen LogP contribution >= 0.6 is 11.6 Å². The Labute approximate surface area is 93.9 Å². The zero-order chi connectivity index (χ0) is 11.6. The number of benzene rings is 1. The number of phenols is 1. The molecule has 0 saturated heterocycles. The van der Waals surface area contributed by atoms with Crippen molar-refractivity contribution in [3.63, 3.8) is 0 Å². The van der Waals surface area contributed by atoms with Gasteiger partial charge < -0.3 is 10.8 Å². The summed E-state index contributed by atoms with van der Waals surface area (Å²) in [6, 6.07) is 1.65. The third-order valence-electron chi connectivity index (χ3n) is 2.35. The molecule has 0 spiro atoms. The molecule has 1 aromatic carbocycles. The van der Waals surface area contributed by atoms with Crippen LogP contribution in [-0.4, -0.2) is 17.4 Å². The molecule has 0 radical (unpaired) electrons. The lowest BCUT2D eigenvalue weighted by Gasteiger charge is -2.10. The van der Waals surface area contributed by atoms with E-state index < -0.39 is 0 Å². The standard InChI is InChI=1S/C11H14ClNO2/c1-6-5-8(9(14)3-4-13)7(2)10(12)11(6)15/h5,15H,3-4,13H2,1-2H3. The lowest BCUT2D eigenvalue weighted by molar-refractivity contribution is 0.0985. The van der Waals surface area contributed by atoms with Crippen molar-refractivity contribution in [2.75, 3.05) is 6.54 Å². The molecule has 0 fully saturated rings. The van der Waals surface area contributed by atoms with E-state index in [-0.39, 0.29) is 16.6 Å². The molecule has 1 aromatic rings. The molecule has 1 rings (SSSR count). The molecule has 0 bridgehead atoms. The first kappa shape index (κ1) is 12.0. The van der Waals surface area contributed by atoms with Gasteiger partial charge in [0.05, 0.1) is 5.02 Å². The molecule has 3 nitrogen and oxygen atoms in total. The van der Waals surface area contributed by atoms with Crippen LogP contribution in [-0.2, 0) is 0 Å². The van der Waals surface area contributed by atoms with E-state index in [1.54, 1.807) is 19.9 Å². The van der Waals surface area contributed by atoms with Crippen molar-refractivity contribution in [1.29, 1.82) is 0 Å². The monoisotopic (exact) mass is 227 g/mol. The summed E-state index contributed by atoms with van der Waals surface area (Å²) in [5.41, 5.74) is 7.07. The van der Waals surface area contributed by atoms with Crippen LogP contribution in [0.3, 0.4) is 0 Å². The van der Waals surface area contributed by atoms with Gasteiger partial charge in [-0.25, -0.2) is 0 Å². The van der Waals surface area contributed by atoms with Gasteiger partial charge in [-0.05, 0) is 37.6 Å². The summed E-state index contributed by atoms with van der Waals surface area (Å²) in [5, 5.41) is 9.80. The number of ketones is 1. The second kappa shape index (κ2) is 4.64. The highest BCUT2D eigenvalue weighted by atomic mass is 35.5. The van der Waals surface area contributed by atoms with Crippen molar-refractivity contribution in [1.82, 2.24) is 0 Å². The van der Waals surface area contributed by atoms with Crippen LogP contribution in [0.25, 0.3) is 0 Å². The van der Waals surface area contributed by atoms with Crippen molar-refractivity contribution in [2.45, 2.75) is 20.3 Å². The number of Topliss-reactive ketones (excluding diaryl/α,β-unsaturated/α-hetero) is 1. The minimum Gasteiger partial charge on any atom is -0.506 e. The molecule has 15 heavy (non-hydrogen) atoms. The number of aromatic hydroxyl groups is 1. The topological polar surface area (TPSA) is 63.3 Å². The SMILES string of the molecule is Cc1cc(C(=O)CCN)c(C)c(Cl)c1O. The minimum atomic E-state index is -0.0417. The summed E-state index contributed by atoms with van der Waals surface area (Å²) in [7, 11) is 0. The first-order chi connectivity index (χ1) is 6.99. The van der Waals surface area contributed by atoms with E-state index in [1.807, 2.05) is 0 Å². The fraction of sp³-hybridized carbons (Fsp3) is 0.364. The maximum Gasteiger partial charge on any atom is 0.164 e. The van der Waals surface area contributed by atoms with Gasteiger partial charge in [-0.3, -0.25) is 4.79 Å². The van der Waals surface area contributed by atoms with Gasteiger partial charge in [-0.15, -0.1) is 0 Å². The van der Waals surface area contributed by atoms with E-state index in [4.69, 9.17) is 17.3 Å². The van der Waals surface area contributed by atoms with Gasteiger partial charge in [0.15, 0.2) is 5.78 Å². The number of aryl methyl sites for hydroxylation is 1. The predicted octanol–water partition coefficient (Wildman–Crippen LogP) is 2.19. The average molecular weight is 228 g/mol. The second-order valence-corrected chi connectivity index (χ2v) is 3.87. The number of nitrogens with two attached hydrogens (primary N) is 1. The van der Waals surface area contributed by atoms with E-state index in [0.29, 0.717) is 29.7 Å². The van der Waals surface area contributed by atoms with Gasteiger partial charge in [-0.1, -0.05) is 11.6 Å². The summed E-state index contributed by atoms with van der Waals surface area (Å²) in [4.78, 5) is 11.7. The van der Waals surface area contributed by atoms with Crippen LogP contribution in [0.1, 0.15) is 27.9 Å². The number of carbonyl (C=O) groups is 1. The molecule has 0 heterocycles. The molecule has 0 aliphatic heterocycles. The highest BCUT2D eigenvalue weighted by Gasteiger charge is 2.15. The zero-order valence-electron chi connectivity index (χ0n) is 8.80. The number of hydrogen-bond acceptors (Lipinski definition) is 3. The van der Waals surface area contributed by atoms with Crippen LogP contribution in [0.5, 0.6) is 5.75 Å². The first-order valence-electron chi connectivity index (χ1n) is 4.71. The average Bonchev–Trinajstić information content (AvgIpc) is 2.20. The van der Waals surface area contributed by atoms with Crippen LogP contribution in [0.2, 0.25) is 5.02 Å². The number of halogens is 1. The van der Waals surface area contributed by atoms with Gasteiger partial charge in [0.1, 0.15) is 5.75 Å². The Morgan fingerprint density at radius 3 is 2.67 bits per heavy atom. The molecule has 82 valence electrons. The summed E-state index contributed by atoms with van der Waals surface area (Å²) in [5.74, 6) is -0.00142. The molecule has 0 aliphatic carbocycles. The van der Waals surface area contributed by atoms with Gasteiger partial charge in [0.25, 0.3) is 0 Å². The van der Waals surface area contributed by atoms with Crippen LogP contribution in [0.15, 0.2) is 6.07 Å². The number of hydrogen-bond donors (Lipinski definition) is 2. The summed E-state index contributed by atoms with van der Waals surface area (Å²) >= 11 is 5.90. The lowest BCUT2D eigenvalue weighted by atomic mass is 9.99. The highest BCUT2D eigenvalue weighted by molar-refractivity contribution is 6.33. The van der Waals surface area contributed by atoms with Crippen LogP contribution in [0, 0.1) is 13.8 Å². The number of phenolic OH excluding ortho intramolecular Hbond substituents is 1. The molecule has 0 saturated carbocycles. The molecule has 0 aliphatic rings. The Hall–Kier alpha value is -1.06. The van der Waals surface area contributed by atoms with Crippen molar-refractivity contribution >= 4 is 17.4 Å². The van der Waals surface area contributed by atoms with Gasteiger partial charge in [-0.2, -0.15) is 0 Å². The van der Waals surface area contributed by atoms with Crippen molar-refractivity contribution in [2.24, 2.45) is 5.73 Å². The Morgan fingerprint density at radius 2 is 2.13 bits per heavy atom. The fourth-order valence-electron chi connectivity index (χ4n) is 1.42. The van der Waals surface area contributed by atoms with Crippen LogP contribution < -0.4 is 5.73 Å². The molecule has 4 heteroatoms. The molecule has 0 unspecified atom stereocenters. The summed E-state index contributed by atoms with van der Waals surface area (Å²) < 4.78 is 0. The Balaban J connectivity index is 3.26. The molecule has 3 N–H and O–H groups in total. The maximum absolute atomic E-state index is 11.7. The normalized spacial score (nSPS) is 10.4. The van der Waals surface area contributed by atoms with Crippen molar-refractivity contribution in [3.05, 3.63) is 27.8 Å². The molecular weight excluding hydrogens is 214 g/mol. The van der Waals surface area contributed by atoms with E-state index in [2.05, 4.69) is 0 Å². The quantitative estimate of drug-likeness (QED) is 0.779. The van der Waals surface area contributed by atoms with Crippen molar-refractivity contribution in [3.8, 4) is 5.75 Å². The Kier molecular flexibility index (Phi) is 3.72. The fourth-order valence-corrected chi connectivity index (χ4v) is 1.67. The summed E-state index contributed by atoms with van der Waals surface area (Å²) in [6.45, 7) is 3.74. The van der Waals surface area contributed by atoms with Gasteiger partial charge in [0, 0.05) is 12.0 Å². The molecular formula is C11H14ClNO2. The number of carbonyl (C=O) groups excluding carboxylic acids is 1. The summed E-state index contributed by atoms with van der Waals surface area (Å²) in [6.07, 6.45) is 0.293. The van der Waals surface area contributed by atoms with E-state index in [9.17, 15) is 9.90 Å².